The number of amides is 1. The summed E-state index contributed by atoms with van der Waals surface area (Å²) in [6.07, 6.45) is 1.09. The second-order valence-corrected chi connectivity index (χ2v) is 4.30. The van der Waals surface area contributed by atoms with E-state index in [1.54, 1.807) is 0 Å². The van der Waals surface area contributed by atoms with Crippen molar-refractivity contribution in [3.63, 3.8) is 0 Å². The van der Waals surface area contributed by atoms with Crippen molar-refractivity contribution in [3.8, 4) is 0 Å². The molecular weight excluding hydrogens is 192 g/mol. The highest BCUT2D eigenvalue weighted by Crippen LogP contribution is 1.98. The van der Waals surface area contributed by atoms with Crippen LogP contribution in [0.3, 0.4) is 0 Å². The van der Waals surface area contributed by atoms with Crippen molar-refractivity contribution in [3.05, 3.63) is 0 Å². The van der Waals surface area contributed by atoms with E-state index in [9.17, 15) is 4.79 Å². The summed E-state index contributed by atoms with van der Waals surface area (Å²) >= 11 is 0. The second-order valence-electron chi connectivity index (χ2n) is 4.30. The van der Waals surface area contributed by atoms with E-state index < -0.39 is 0 Å². The maximum atomic E-state index is 10.7. The van der Waals surface area contributed by atoms with E-state index in [2.05, 4.69) is 19.2 Å². The molecule has 1 atom stereocenters. The monoisotopic (exact) mass is 216 g/mol. The molecule has 0 radical (unpaired) electrons. The second kappa shape index (κ2) is 8.68. The van der Waals surface area contributed by atoms with Gasteiger partial charge in [0, 0.05) is 25.6 Å². The quantitative estimate of drug-likeness (QED) is 0.559. The summed E-state index contributed by atoms with van der Waals surface area (Å²) in [6, 6.07) is 0. The normalized spacial score (nSPS) is 13.1. The van der Waals surface area contributed by atoms with E-state index in [1.807, 2.05) is 6.92 Å². The molecule has 90 valence electrons. The highest BCUT2D eigenvalue weighted by atomic mass is 16.5. The molecule has 4 heteroatoms. The van der Waals surface area contributed by atoms with Gasteiger partial charge in [-0.2, -0.15) is 0 Å². The standard InChI is InChI=1S/C11H24N2O2/c1-9(2)4-6-15-7-5-13-8-10(3)11(12)14/h9-10,13H,4-8H2,1-3H3,(H2,12,14). The molecule has 1 unspecified atom stereocenters. The number of hydrogen-bond donors (Lipinski definition) is 2. The third kappa shape index (κ3) is 9.69. The van der Waals surface area contributed by atoms with Gasteiger partial charge >= 0.3 is 0 Å². The van der Waals surface area contributed by atoms with E-state index in [1.165, 1.54) is 0 Å². The van der Waals surface area contributed by atoms with Crippen LogP contribution >= 0.6 is 0 Å². The van der Waals surface area contributed by atoms with Crippen LogP contribution in [0, 0.1) is 11.8 Å². The molecule has 0 aromatic heterocycles. The molecule has 0 bridgehead atoms. The molecule has 0 aliphatic heterocycles. The van der Waals surface area contributed by atoms with Crippen molar-refractivity contribution in [2.75, 3.05) is 26.3 Å². The minimum absolute atomic E-state index is 0.110. The first kappa shape index (κ1) is 14.4. The topological polar surface area (TPSA) is 64.3 Å². The Morgan fingerprint density at radius 1 is 1.33 bits per heavy atom. The molecule has 4 nitrogen and oxygen atoms in total. The summed E-state index contributed by atoms with van der Waals surface area (Å²) in [7, 11) is 0. The first-order valence-electron chi connectivity index (χ1n) is 5.61. The molecule has 15 heavy (non-hydrogen) atoms. The Labute approximate surface area is 92.6 Å². The molecular formula is C11H24N2O2. The lowest BCUT2D eigenvalue weighted by molar-refractivity contribution is -0.121. The SMILES string of the molecule is CC(C)CCOCCNCC(C)C(N)=O. The van der Waals surface area contributed by atoms with Crippen molar-refractivity contribution in [1.29, 1.82) is 0 Å². The van der Waals surface area contributed by atoms with Gasteiger partial charge in [-0.05, 0) is 12.3 Å². The summed E-state index contributed by atoms with van der Waals surface area (Å²) in [6.45, 7) is 9.07. The number of ether oxygens (including phenoxy) is 1. The van der Waals surface area contributed by atoms with E-state index in [0.29, 0.717) is 19.1 Å². The Bertz CT molecular complexity index is 172. The summed E-state index contributed by atoms with van der Waals surface area (Å²) in [5, 5.41) is 3.13. The van der Waals surface area contributed by atoms with Gasteiger partial charge < -0.3 is 15.8 Å². The lowest BCUT2D eigenvalue weighted by atomic mass is 10.1. The van der Waals surface area contributed by atoms with Crippen LogP contribution in [0.1, 0.15) is 27.2 Å². The van der Waals surface area contributed by atoms with Crippen LogP contribution in [0.25, 0.3) is 0 Å². The van der Waals surface area contributed by atoms with Crippen LogP contribution < -0.4 is 11.1 Å². The zero-order chi connectivity index (χ0) is 11.7. The molecule has 0 rings (SSSR count). The number of rotatable bonds is 9. The lowest BCUT2D eigenvalue weighted by Gasteiger charge is -2.09. The molecule has 0 saturated carbocycles. The van der Waals surface area contributed by atoms with Crippen molar-refractivity contribution < 1.29 is 9.53 Å². The first-order valence-corrected chi connectivity index (χ1v) is 5.61. The zero-order valence-electron chi connectivity index (χ0n) is 10.1. The van der Waals surface area contributed by atoms with Gasteiger partial charge in [0.25, 0.3) is 0 Å². The van der Waals surface area contributed by atoms with Crippen molar-refractivity contribution in [2.45, 2.75) is 27.2 Å². The van der Waals surface area contributed by atoms with E-state index >= 15 is 0 Å². The highest BCUT2D eigenvalue weighted by molar-refractivity contribution is 5.76. The Hall–Kier alpha value is -0.610. The predicted octanol–water partition coefficient (Wildman–Crippen LogP) is 0.760. The number of carbonyl (C=O) groups is 1. The van der Waals surface area contributed by atoms with E-state index in [4.69, 9.17) is 10.5 Å². The number of hydrogen-bond acceptors (Lipinski definition) is 3. The maximum absolute atomic E-state index is 10.7. The fourth-order valence-corrected chi connectivity index (χ4v) is 0.985. The summed E-state index contributed by atoms with van der Waals surface area (Å²) < 4.78 is 5.41. The molecule has 0 heterocycles. The van der Waals surface area contributed by atoms with Crippen LogP contribution in [0.15, 0.2) is 0 Å². The van der Waals surface area contributed by atoms with Gasteiger partial charge in [-0.3, -0.25) is 4.79 Å². The number of primary amides is 1. The predicted molar refractivity (Wildman–Crippen MR) is 61.5 cm³/mol. The first-order chi connectivity index (χ1) is 7.04. The van der Waals surface area contributed by atoms with Gasteiger partial charge in [-0.1, -0.05) is 20.8 Å². The van der Waals surface area contributed by atoms with Gasteiger partial charge in [0.1, 0.15) is 0 Å². The third-order valence-electron chi connectivity index (χ3n) is 2.20. The van der Waals surface area contributed by atoms with Crippen molar-refractivity contribution >= 4 is 5.91 Å². The van der Waals surface area contributed by atoms with Crippen LogP contribution in [0.2, 0.25) is 0 Å². The molecule has 1 amide bonds. The fraction of sp³-hybridized carbons (Fsp3) is 0.909. The summed E-state index contributed by atoms with van der Waals surface area (Å²) in [4.78, 5) is 10.7. The largest absolute Gasteiger partial charge is 0.380 e. The zero-order valence-corrected chi connectivity index (χ0v) is 10.1. The van der Waals surface area contributed by atoms with Gasteiger partial charge in [-0.25, -0.2) is 0 Å². The van der Waals surface area contributed by atoms with Gasteiger partial charge in [-0.15, -0.1) is 0 Å². The average molecular weight is 216 g/mol. The lowest BCUT2D eigenvalue weighted by Crippen LogP contribution is -2.32. The summed E-state index contributed by atoms with van der Waals surface area (Å²) in [5.41, 5.74) is 5.12. The Morgan fingerprint density at radius 3 is 2.53 bits per heavy atom. The fourth-order valence-electron chi connectivity index (χ4n) is 0.985. The maximum Gasteiger partial charge on any atom is 0.221 e. The molecule has 0 aromatic rings. The van der Waals surface area contributed by atoms with E-state index in [-0.39, 0.29) is 11.8 Å². The molecule has 0 aromatic carbocycles. The number of nitrogens with two attached hydrogens (primary N) is 1. The molecule has 0 fully saturated rings. The Balaban J connectivity index is 3.15. The molecule has 0 aliphatic rings. The molecule has 0 spiro atoms. The van der Waals surface area contributed by atoms with Crippen LogP contribution in [-0.4, -0.2) is 32.2 Å². The van der Waals surface area contributed by atoms with Gasteiger partial charge in [0.15, 0.2) is 0 Å². The highest BCUT2D eigenvalue weighted by Gasteiger charge is 2.06. The van der Waals surface area contributed by atoms with Gasteiger partial charge in [0.2, 0.25) is 5.91 Å². The number of nitrogens with one attached hydrogen (secondary N) is 1. The minimum Gasteiger partial charge on any atom is -0.380 e. The number of carbonyl (C=O) groups excluding carboxylic acids is 1. The van der Waals surface area contributed by atoms with Crippen LogP contribution in [-0.2, 0) is 9.53 Å². The minimum atomic E-state index is -0.261. The average Bonchev–Trinajstić information content (AvgIpc) is 2.15. The smallest absolute Gasteiger partial charge is 0.221 e. The third-order valence-corrected chi connectivity index (χ3v) is 2.20. The Kier molecular flexibility index (Phi) is 8.33. The molecule has 0 aliphatic carbocycles. The van der Waals surface area contributed by atoms with E-state index in [0.717, 1.165) is 19.6 Å². The van der Waals surface area contributed by atoms with Crippen molar-refractivity contribution in [1.82, 2.24) is 5.32 Å². The summed E-state index contributed by atoms with van der Waals surface area (Å²) in [5.74, 6) is 0.316. The molecule has 3 N–H and O–H groups in total. The van der Waals surface area contributed by atoms with Crippen LogP contribution in [0.5, 0.6) is 0 Å². The molecule has 0 saturated heterocycles. The van der Waals surface area contributed by atoms with Gasteiger partial charge in [0.05, 0.1) is 6.61 Å². The van der Waals surface area contributed by atoms with Crippen LogP contribution in [0.4, 0.5) is 0 Å². The Morgan fingerprint density at radius 2 is 2.00 bits per heavy atom. The van der Waals surface area contributed by atoms with Crippen molar-refractivity contribution in [2.24, 2.45) is 17.6 Å².